The van der Waals surface area contributed by atoms with Crippen LogP contribution in [0.4, 0.5) is 5.69 Å². The Balaban J connectivity index is 0.00000300. The highest BCUT2D eigenvalue weighted by molar-refractivity contribution is 6.15. The van der Waals surface area contributed by atoms with Crippen molar-refractivity contribution in [1.29, 1.82) is 0 Å². The van der Waals surface area contributed by atoms with Gasteiger partial charge in [0.05, 0.1) is 16.1 Å². The molecule has 0 aromatic heterocycles. The highest BCUT2D eigenvalue weighted by atomic mass is 35.5. The van der Waals surface area contributed by atoms with E-state index in [1.165, 1.54) is 30.3 Å². The Labute approximate surface area is 175 Å². The molecule has 0 bridgehead atoms. The first kappa shape index (κ1) is 22.4. The van der Waals surface area contributed by atoms with Crippen molar-refractivity contribution in [3.05, 3.63) is 69.0 Å². The fraction of sp³-hybridized carbons (Fsp3) is 0.286. The van der Waals surface area contributed by atoms with Gasteiger partial charge < -0.3 is 14.7 Å². The van der Waals surface area contributed by atoms with Gasteiger partial charge in [-0.1, -0.05) is 25.5 Å². The Hall–Kier alpha value is -2.90. The first-order valence-corrected chi connectivity index (χ1v) is 9.12. The van der Waals surface area contributed by atoms with Gasteiger partial charge in [-0.05, 0) is 43.8 Å². The van der Waals surface area contributed by atoms with Crippen molar-refractivity contribution >= 4 is 30.0 Å². The molecule has 1 aliphatic heterocycles. The van der Waals surface area contributed by atoms with Crippen molar-refractivity contribution in [2.45, 2.75) is 26.3 Å². The summed E-state index contributed by atoms with van der Waals surface area (Å²) < 4.78 is 5.80. The number of carbonyl (C=O) groups is 1. The summed E-state index contributed by atoms with van der Waals surface area (Å²) in [6.45, 7) is 3.43. The Morgan fingerprint density at radius 1 is 1.28 bits per heavy atom. The molecule has 0 aliphatic carbocycles. The van der Waals surface area contributed by atoms with Gasteiger partial charge in [-0.2, -0.15) is 0 Å². The summed E-state index contributed by atoms with van der Waals surface area (Å²) in [5, 5.41) is 21.2. The number of rotatable bonds is 7. The smallest absolute Gasteiger partial charge is 0.270 e. The molecule has 1 N–H and O–H groups in total. The van der Waals surface area contributed by atoms with E-state index in [4.69, 9.17) is 4.74 Å². The zero-order chi connectivity index (χ0) is 20.3. The minimum Gasteiger partial charge on any atom is -0.507 e. The van der Waals surface area contributed by atoms with Crippen LogP contribution in [0.15, 0.2) is 42.2 Å². The van der Waals surface area contributed by atoms with E-state index >= 15 is 0 Å². The number of benzene rings is 2. The maximum atomic E-state index is 12.7. The molecule has 2 aromatic rings. The van der Waals surface area contributed by atoms with Crippen molar-refractivity contribution in [3.8, 4) is 11.5 Å². The predicted octanol–water partition coefficient (Wildman–Crippen LogP) is 4.57. The number of non-ortho nitro benzene ring substituents is 1. The predicted molar refractivity (Wildman–Crippen MR) is 113 cm³/mol. The van der Waals surface area contributed by atoms with Crippen LogP contribution >= 0.6 is 12.4 Å². The van der Waals surface area contributed by atoms with Gasteiger partial charge in [-0.15, -0.1) is 12.4 Å². The quantitative estimate of drug-likeness (QED) is 0.402. The van der Waals surface area contributed by atoms with Crippen molar-refractivity contribution in [3.63, 3.8) is 0 Å². The molecule has 3 rings (SSSR count). The lowest BCUT2D eigenvalue weighted by Crippen LogP contribution is -2.19. The molecule has 1 heterocycles. The maximum absolute atomic E-state index is 12.7. The van der Waals surface area contributed by atoms with E-state index < -0.39 is 4.92 Å². The number of nitrogens with zero attached hydrogens (tertiary/aromatic N) is 2. The third-order valence-electron chi connectivity index (χ3n) is 4.62. The van der Waals surface area contributed by atoms with Gasteiger partial charge in [0.15, 0.2) is 5.76 Å². The molecule has 0 radical (unpaired) electrons. The molecule has 0 amide bonds. The molecule has 29 heavy (non-hydrogen) atoms. The van der Waals surface area contributed by atoms with Gasteiger partial charge in [0.2, 0.25) is 5.78 Å². The Kier molecular flexibility index (Phi) is 7.36. The second-order valence-electron chi connectivity index (χ2n) is 6.82. The van der Waals surface area contributed by atoms with Gasteiger partial charge in [-0.3, -0.25) is 14.9 Å². The van der Waals surface area contributed by atoms with Crippen molar-refractivity contribution < 1.29 is 19.6 Å². The van der Waals surface area contributed by atoms with Crippen LogP contribution in [0.3, 0.4) is 0 Å². The third kappa shape index (κ3) is 4.93. The van der Waals surface area contributed by atoms with Crippen LogP contribution in [-0.2, 0) is 6.54 Å². The zero-order valence-corrected chi connectivity index (χ0v) is 17.1. The summed E-state index contributed by atoms with van der Waals surface area (Å²) in [6.07, 6.45) is 3.58. The topological polar surface area (TPSA) is 92.9 Å². The van der Waals surface area contributed by atoms with E-state index in [0.29, 0.717) is 29.0 Å². The van der Waals surface area contributed by atoms with E-state index in [1.807, 2.05) is 7.05 Å². The third-order valence-corrected chi connectivity index (χ3v) is 4.62. The minimum absolute atomic E-state index is 0. The lowest BCUT2D eigenvalue weighted by molar-refractivity contribution is -0.384. The fourth-order valence-corrected chi connectivity index (χ4v) is 3.11. The average Bonchev–Trinajstić information content (AvgIpc) is 2.98. The molecule has 7 nitrogen and oxygen atoms in total. The zero-order valence-electron chi connectivity index (χ0n) is 16.3. The van der Waals surface area contributed by atoms with E-state index in [0.717, 1.165) is 19.4 Å². The second kappa shape index (κ2) is 9.54. The van der Waals surface area contributed by atoms with Crippen LogP contribution in [0.2, 0.25) is 0 Å². The monoisotopic (exact) mass is 418 g/mol. The van der Waals surface area contributed by atoms with Crippen molar-refractivity contribution in [1.82, 2.24) is 4.90 Å². The van der Waals surface area contributed by atoms with E-state index in [1.54, 1.807) is 12.1 Å². The fourth-order valence-electron chi connectivity index (χ4n) is 3.11. The number of fused-ring (bicyclic) bond motifs is 1. The molecule has 2 aromatic carbocycles. The summed E-state index contributed by atoms with van der Waals surface area (Å²) in [5.74, 6) is 0.203. The molecule has 154 valence electrons. The highest BCUT2D eigenvalue weighted by Crippen LogP contribution is 2.40. The standard InChI is InChI=1S/C21H22N2O5.ClH/c1-3-4-10-22(2)13-17-18(24)9-8-16-20(25)19(28-21(16)17)12-14-6-5-7-15(11-14)23(26)27;/h5-9,11-12,24H,3-4,10,13H2,1-2H3;1H/b19-12-;. The number of nitro groups is 1. The van der Waals surface area contributed by atoms with Gasteiger partial charge in [0, 0.05) is 18.7 Å². The van der Waals surface area contributed by atoms with E-state index in [9.17, 15) is 20.0 Å². The number of phenolic OH excluding ortho intramolecular Hbond substituents is 1. The number of ketones is 1. The lowest BCUT2D eigenvalue weighted by Gasteiger charge is -2.18. The number of unbranched alkanes of at least 4 members (excludes halogenated alkanes) is 1. The number of allylic oxidation sites excluding steroid dienone is 1. The van der Waals surface area contributed by atoms with E-state index in [2.05, 4.69) is 11.8 Å². The average molecular weight is 419 g/mol. The number of aromatic hydroxyl groups is 1. The number of halogens is 1. The minimum atomic E-state index is -0.490. The number of carbonyl (C=O) groups excluding carboxylic acids is 1. The molecule has 8 heteroatoms. The molecule has 0 saturated carbocycles. The Morgan fingerprint density at radius 3 is 2.72 bits per heavy atom. The molecule has 0 spiro atoms. The van der Waals surface area contributed by atoms with Gasteiger partial charge >= 0.3 is 0 Å². The van der Waals surface area contributed by atoms with Gasteiger partial charge in [0.1, 0.15) is 11.5 Å². The normalized spacial score (nSPS) is 13.9. The van der Waals surface area contributed by atoms with Crippen LogP contribution < -0.4 is 4.74 Å². The summed E-state index contributed by atoms with van der Waals surface area (Å²) in [5.41, 5.74) is 1.38. The SMILES string of the molecule is CCCCN(C)Cc1c(O)ccc2c1O/C(=C\c1cccc([N+](=O)[O-])c1)C2=O.Cl. The highest BCUT2D eigenvalue weighted by Gasteiger charge is 2.31. The van der Waals surface area contributed by atoms with E-state index in [-0.39, 0.29) is 35.4 Å². The first-order chi connectivity index (χ1) is 13.4. The molecule has 0 unspecified atom stereocenters. The van der Waals surface area contributed by atoms with Crippen LogP contribution in [0.25, 0.3) is 6.08 Å². The molecular weight excluding hydrogens is 396 g/mol. The molecule has 1 aliphatic rings. The number of nitro benzene ring substituents is 1. The second-order valence-corrected chi connectivity index (χ2v) is 6.82. The number of ether oxygens (including phenoxy) is 1. The molecule has 0 fully saturated rings. The lowest BCUT2D eigenvalue weighted by atomic mass is 10.0. The number of hydrogen-bond donors (Lipinski definition) is 1. The summed E-state index contributed by atoms with van der Waals surface area (Å²) >= 11 is 0. The van der Waals surface area contributed by atoms with Crippen molar-refractivity contribution in [2.24, 2.45) is 0 Å². The number of phenols is 1. The number of Topliss-reactive ketones (excluding diaryl/α,β-unsaturated/α-hetero) is 1. The van der Waals surface area contributed by atoms with Crippen LogP contribution in [0, 0.1) is 10.1 Å². The Morgan fingerprint density at radius 2 is 2.03 bits per heavy atom. The van der Waals surface area contributed by atoms with Crippen LogP contribution in [0.5, 0.6) is 11.5 Å². The van der Waals surface area contributed by atoms with Gasteiger partial charge in [-0.25, -0.2) is 0 Å². The molecule has 0 atom stereocenters. The summed E-state index contributed by atoms with van der Waals surface area (Å²) in [7, 11) is 1.95. The maximum Gasteiger partial charge on any atom is 0.270 e. The summed E-state index contributed by atoms with van der Waals surface area (Å²) in [4.78, 5) is 25.2. The molecular formula is C21H23ClN2O5. The van der Waals surface area contributed by atoms with Crippen molar-refractivity contribution in [2.75, 3.05) is 13.6 Å². The van der Waals surface area contributed by atoms with Crippen LogP contribution in [-0.4, -0.2) is 34.3 Å². The largest absolute Gasteiger partial charge is 0.507 e. The number of hydrogen-bond acceptors (Lipinski definition) is 6. The summed E-state index contributed by atoms with van der Waals surface area (Å²) in [6, 6.07) is 9.02. The first-order valence-electron chi connectivity index (χ1n) is 9.12. The van der Waals surface area contributed by atoms with Crippen LogP contribution in [0.1, 0.15) is 41.3 Å². The molecule has 0 saturated heterocycles. The van der Waals surface area contributed by atoms with Gasteiger partial charge in [0.25, 0.3) is 5.69 Å². The Bertz CT molecular complexity index is 958.